The minimum atomic E-state index is -0.196. The average molecular weight is 149 g/mol. The molecule has 1 aromatic rings. The van der Waals surface area contributed by atoms with Crippen LogP contribution >= 0.6 is 0 Å². The summed E-state index contributed by atoms with van der Waals surface area (Å²) in [4.78, 5) is 0. The van der Waals surface area contributed by atoms with Gasteiger partial charge in [0.15, 0.2) is 0 Å². The normalized spacial score (nSPS) is 21.2. The van der Waals surface area contributed by atoms with Crippen molar-refractivity contribution in [3.8, 4) is 0 Å². The monoisotopic (exact) mass is 149 g/mol. The van der Waals surface area contributed by atoms with Crippen LogP contribution in [-0.2, 0) is 0 Å². The predicted molar refractivity (Wildman–Crippen MR) is 44.3 cm³/mol. The first-order chi connectivity index (χ1) is 5.38. The summed E-state index contributed by atoms with van der Waals surface area (Å²) in [6.45, 7) is 0. The second-order valence-electron chi connectivity index (χ2n) is 3.35. The van der Waals surface area contributed by atoms with Crippen LogP contribution in [0.25, 0.3) is 0 Å². The summed E-state index contributed by atoms with van der Waals surface area (Å²) in [5.41, 5.74) is 1.09. The van der Waals surface area contributed by atoms with Gasteiger partial charge in [0, 0.05) is 6.10 Å². The summed E-state index contributed by atoms with van der Waals surface area (Å²) in [5.74, 6) is 0.539. The standard InChI is InChI=1S/C10H13O/c11-10(9-6-3-7-9)8-4-1-2-5-8/h1-2,4-5,9-11H,3,6-7H2/q-1. The summed E-state index contributed by atoms with van der Waals surface area (Å²) in [5, 5.41) is 9.73. The molecule has 0 aliphatic heterocycles. The summed E-state index contributed by atoms with van der Waals surface area (Å²) in [6.07, 6.45) is 3.50. The fourth-order valence-corrected chi connectivity index (χ4v) is 1.61. The molecule has 0 radical (unpaired) electrons. The zero-order valence-electron chi connectivity index (χ0n) is 6.53. The highest BCUT2D eigenvalue weighted by molar-refractivity contribution is 5.19. The van der Waals surface area contributed by atoms with Crippen molar-refractivity contribution in [2.45, 2.75) is 25.4 Å². The van der Waals surface area contributed by atoms with Gasteiger partial charge in [-0.1, -0.05) is 6.42 Å². The zero-order chi connectivity index (χ0) is 7.68. The molecule has 60 valence electrons. The Labute approximate surface area is 67.0 Å². The van der Waals surface area contributed by atoms with Crippen LogP contribution in [0.5, 0.6) is 0 Å². The van der Waals surface area contributed by atoms with E-state index >= 15 is 0 Å². The van der Waals surface area contributed by atoms with Crippen LogP contribution < -0.4 is 0 Å². The van der Waals surface area contributed by atoms with E-state index in [9.17, 15) is 5.11 Å². The molecule has 1 nitrogen and oxygen atoms in total. The summed E-state index contributed by atoms with van der Waals surface area (Å²) in [7, 11) is 0. The third kappa shape index (κ3) is 1.21. The molecule has 1 heteroatoms. The lowest BCUT2D eigenvalue weighted by molar-refractivity contribution is 0.0623. The van der Waals surface area contributed by atoms with Crippen LogP contribution in [0.15, 0.2) is 24.3 Å². The molecule has 1 fully saturated rings. The van der Waals surface area contributed by atoms with Crippen molar-refractivity contribution in [2.75, 3.05) is 0 Å². The maximum atomic E-state index is 9.73. The Morgan fingerprint density at radius 3 is 2.82 bits per heavy atom. The Kier molecular flexibility index (Phi) is 1.74. The van der Waals surface area contributed by atoms with Gasteiger partial charge in [0.05, 0.1) is 0 Å². The van der Waals surface area contributed by atoms with E-state index in [0.717, 1.165) is 5.56 Å². The van der Waals surface area contributed by atoms with Gasteiger partial charge in [-0.05, 0) is 18.8 Å². The largest absolute Gasteiger partial charge is 0.401 e. The smallest absolute Gasteiger partial charge is 0.0281 e. The van der Waals surface area contributed by atoms with Crippen molar-refractivity contribution < 1.29 is 5.11 Å². The maximum Gasteiger partial charge on any atom is 0.0281 e. The van der Waals surface area contributed by atoms with Crippen LogP contribution in [0.4, 0.5) is 0 Å². The topological polar surface area (TPSA) is 20.2 Å². The van der Waals surface area contributed by atoms with Crippen molar-refractivity contribution in [3.63, 3.8) is 0 Å². The van der Waals surface area contributed by atoms with E-state index in [1.54, 1.807) is 0 Å². The third-order valence-corrected chi connectivity index (χ3v) is 2.63. The predicted octanol–water partition coefficient (Wildman–Crippen LogP) is 2.24. The molecule has 0 amide bonds. The minimum Gasteiger partial charge on any atom is -0.401 e. The Bertz CT molecular complexity index is 209. The van der Waals surface area contributed by atoms with Gasteiger partial charge in [-0.3, -0.25) is 0 Å². The van der Waals surface area contributed by atoms with Crippen LogP contribution in [0.2, 0.25) is 0 Å². The Hall–Kier alpha value is -0.690. The molecule has 0 bridgehead atoms. The molecule has 2 rings (SSSR count). The van der Waals surface area contributed by atoms with E-state index in [-0.39, 0.29) is 6.10 Å². The van der Waals surface area contributed by atoms with Crippen LogP contribution in [0, 0.1) is 5.92 Å². The van der Waals surface area contributed by atoms with E-state index in [0.29, 0.717) is 5.92 Å². The molecule has 11 heavy (non-hydrogen) atoms. The van der Waals surface area contributed by atoms with Gasteiger partial charge in [-0.25, -0.2) is 6.07 Å². The number of rotatable bonds is 2. The number of aliphatic hydroxyl groups is 1. The molecule has 0 spiro atoms. The molecule has 0 saturated heterocycles. The number of aliphatic hydroxyl groups excluding tert-OH is 1. The van der Waals surface area contributed by atoms with Crippen molar-refractivity contribution in [1.29, 1.82) is 0 Å². The van der Waals surface area contributed by atoms with E-state index in [1.165, 1.54) is 19.3 Å². The number of hydrogen-bond acceptors (Lipinski definition) is 1. The van der Waals surface area contributed by atoms with E-state index in [1.807, 2.05) is 24.3 Å². The zero-order valence-corrected chi connectivity index (χ0v) is 6.53. The quantitative estimate of drug-likeness (QED) is 0.639. The van der Waals surface area contributed by atoms with Gasteiger partial charge >= 0.3 is 0 Å². The van der Waals surface area contributed by atoms with Gasteiger partial charge in [0.1, 0.15) is 0 Å². The van der Waals surface area contributed by atoms with Gasteiger partial charge in [-0.15, -0.1) is 0 Å². The molecule has 1 N–H and O–H groups in total. The fraction of sp³-hybridized carbons (Fsp3) is 0.500. The first-order valence-corrected chi connectivity index (χ1v) is 4.27. The molecule has 1 aromatic carbocycles. The van der Waals surface area contributed by atoms with Crippen molar-refractivity contribution in [2.24, 2.45) is 5.92 Å². The molecular formula is C10H13O-. The van der Waals surface area contributed by atoms with E-state index < -0.39 is 0 Å². The molecule has 1 aliphatic rings. The van der Waals surface area contributed by atoms with Gasteiger partial charge < -0.3 is 5.11 Å². The first kappa shape index (κ1) is 6.99. The lowest BCUT2D eigenvalue weighted by Crippen LogP contribution is -2.19. The van der Waals surface area contributed by atoms with Gasteiger partial charge in [-0.2, -0.15) is 23.8 Å². The maximum absolute atomic E-state index is 9.73. The lowest BCUT2D eigenvalue weighted by atomic mass is 9.79. The second kappa shape index (κ2) is 2.74. The Balaban J connectivity index is 2.04. The van der Waals surface area contributed by atoms with Crippen molar-refractivity contribution in [1.82, 2.24) is 0 Å². The van der Waals surface area contributed by atoms with E-state index in [2.05, 4.69) is 0 Å². The van der Waals surface area contributed by atoms with E-state index in [4.69, 9.17) is 0 Å². The fourth-order valence-electron chi connectivity index (χ4n) is 1.61. The van der Waals surface area contributed by atoms with Gasteiger partial charge in [0.25, 0.3) is 0 Å². The lowest BCUT2D eigenvalue weighted by Gasteiger charge is -2.32. The summed E-state index contributed by atoms with van der Waals surface area (Å²) >= 11 is 0. The molecule has 1 atom stereocenters. The summed E-state index contributed by atoms with van der Waals surface area (Å²) in [6, 6.07) is 7.97. The Morgan fingerprint density at radius 1 is 1.55 bits per heavy atom. The second-order valence-corrected chi connectivity index (χ2v) is 3.35. The highest BCUT2D eigenvalue weighted by atomic mass is 16.3. The minimum absolute atomic E-state index is 0.196. The number of hydrogen-bond donors (Lipinski definition) is 1. The first-order valence-electron chi connectivity index (χ1n) is 4.27. The van der Waals surface area contributed by atoms with Crippen LogP contribution in [-0.4, -0.2) is 5.11 Å². The molecule has 0 heterocycles. The molecule has 1 aliphatic carbocycles. The Morgan fingerprint density at radius 2 is 2.36 bits per heavy atom. The van der Waals surface area contributed by atoms with Crippen LogP contribution in [0.3, 0.4) is 0 Å². The highest BCUT2D eigenvalue weighted by Crippen LogP contribution is 2.37. The third-order valence-electron chi connectivity index (χ3n) is 2.63. The van der Waals surface area contributed by atoms with Gasteiger partial charge in [0.2, 0.25) is 0 Å². The molecule has 1 unspecified atom stereocenters. The SMILES string of the molecule is OC(c1cc[cH-]c1)C1CCC1. The average Bonchev–Trinajstić information content (AvgIpc) is 2.32. The molecule has 1 saturated carbocycles. The highest BCUT2D eigenvalue weighted by Gasteiger charge is 2.23. The van der Waals surface area contributed by atoms with Crippen molar-refractivity contribution >= 4 is 0 Å². The van der Waals surface area contributed by atoms with Crippen molar-refractivity contribution in [3.05, 3.63) is 29.8 Å². The van der Waals surface area contributed by atoms with Crippen LogP contribution in [0.1, 0.15) is 30.9 Å². The summed E-state index contributed by atoms with van der Waals surface area (Å²) < 4.78 is 0. The molecular weight excluding hydrogens is 136 g/mol. The molecule has 0 aromatic heterocycles.